The van der Waals surface area contributed by atoms with Crippen molar-refractivity contribution in [2.24, 2.45) is 0 Å². The van der Waals surface area contributed by atoms with Gasteiger partial charge in [0.2, 0.25) is 0 Å². The minimum Gasteiger partial charge on any atom is -0.371 e. The first-order valence-electron chi connectivity index (χ1n) is 6.73. The standard InChI is InChI=1S/C14H17N3O2/c1-14(2)11(4-3-7-18-14)10(8-15)13-16-12(17-19-13)9-5-6-9/h9H,3-7H2,1-2H3. The van der Waals surface area contributed by atoms with Gasteiger partial charge in [-0.25, -0.2) is 0 Å². The molecule has 1 saturated heterocycles. The highest BCUT2D eigenvalue weighted by Crippen LogP contribution is 2.40. The zero-order valence-electron chi connectivity index (χ0n) is 11.3. The number of hydrogen-bond donors (Lipinski definition) is 0. The van der Waals surface area contributed by atoms with E-state index < -0.39 is 5.60 Å². The second-order valence-electron chi connectivity index (χ2n) is 5.66. The van der Waals surface area contributed by atoms with Crippen molar-refractivity contribution in [1.29, 1.82) is 5.26 Å². The van der Waals surface area contributed by atoms with E-state index in [2.05, 4.69) is 16.2 Å². The fraction of sp³-hybridized carbons (Fsp3) is 0.643. The number of hydrogen-bond acceptors (Lipinski definition) is 5. The lowest BCUT2D eigenvalue weighted by Gasteiger charge is -2.33. The van der Waals surface area contributed by atoms with Crippen molar-refractivity contribution in [3.05, 3.63) is 17.3 Å². The number of ether oxygens (including phenoxy) is 1. The molecule has 0 atom stereocenters. The van der Waals surface area contributed by atoms with E-state index in [0.29, 0.717) is 17.4 Å². The molecule has 0 radical (unpaired) electrons. The number of allylic oxidation sites excluding steroid dienone is 1. The van der Waals surface area contributed by atoms with E-state index >= 15 is 0 Å². The molecule has 5 heteroatoms. The molecule has 1 aliphatic heterocycles. The second-order valence-corrected chi connectivity index (χ2v) is 5.66. The van der Waals surface area contributed by atoms with Gasteiger partial charge in [-0.3, -0.25) is 0 Å². The Morgan fingerprint density at radius 3 is 2.84 bits per heavy atom. The van der Waals surface area contributed by atoms with E-state index in [4.69, 9.17) is 9.26 Å². The lowest BCUT2D eigenvalue weighted by molar-refractivity contribution is -0.0114. The monoisotopic (exact) mass is 259 g/mol. The van der Waals surface area contributed by atoms with Crippen molar-refractivity contribution in [1.82, 2.24) is 10.1 Å². The molecular formula is C14H17N3O2. The molecule has 0 N–H and O–H groups in total. The summed E-state index contributed by atoms with van der Waals surface area (Å²) in [6.07, 6.45) is 4.00. The van der Waals surface area contributed by atoms with Crippen LogP contribution in [0.4, 0.5) is 0 Å². The molecule has 1 aliphatic carbocycles. The molecule has 5 nitrogen and oxygen atoms in total. The molecule has 0 aromatic carbocycles. The SMILES string of the molecule is CC1(C)OCCCC1=C(C#N)c1nc(C2CC2)no1. The Kier molecular flexibility index (Phi) is 2.90. The van der Waals surface area contributed by atoms with Gasteiger partial charge >= 0.3 is 0 Å². The molecule has 0 bridgehead atoms. The topological polar surface area (TPSA) is 71.9 Å². The molecule has 19 heavy (non-hydrogen) atoms. The van der Waals surface area contributed by atoms with Crippen LogP contribution in [0.3, 0.4) is 0 Å². The zero-order chi connectivity index (χ0) is 13.5. The van der Waals surface area contributed by atoms with Crippen LogP contribution in [-0.4, -0.2) is 22.3 Å². The summed E-state index contributed by atoms with van der Waals surface area (Å²) in [7, 11) is 0. The van der Waals surface area contributed by atoms with Gasteiger partial charge in [-0.2, -0.15) is 10.2 Å². The number of aromatic nitrogens is 2. The molecule has 1 aromatic heterocycles. The molecule has 1 aromatic rings. The number of rotatable bonds is 2. The fourth-order valence-electron chi connectivity index (χ4n) is 2.48. The van der Waals surface area contributed by atoms with Crippen molar-refractivity contribution >= 4 is 5.57 Å². The van der Waals surface area contributed by atoms with Crippen LogP contribution in [0.2, 0.25) is 0 Å². The number of nitrogens with zero attached hydrogens (tertiary/aromatic N) is 3. The van der Waals surface area contributed by atoms with Gasteiger partial charge < -0.3 is 9.26 Å². The van der Waals surface area contributed by atoms with E-state index in [1.807, 2.05) is 13.8 Å². The van der Waals surface area contributed by atoms with Gasteiger partial charge in [-0.15, -0.1) is 0 Å². The summed E-state index contributed by atoms with van der Waals surface area (Å²) in [5.41, 5.74) is 1.02. The summed E-state index contributed by atoms with van der Waals surface area (Å²) in [6.45, 7) is 4.69. The van der Waals surface area contributed by atoms with Crippen LogP contribution in [-0.2, 0) is 4.74 Å². The Bertz CT molecular complexity index is 561. The third-order valence-electron chi connectivity index (χ3n) is 3.77. The zero-order valence-corrected chi connectivity index (χ0v) is 11.3. The van der Waals surface area contributed by atoms with Crippen LogP contribution in [0.5, 0.6) is 0 Å². The highest BCUT2D eigenvalue weighted by Gasteiger charge is 2.34. The lowest BCUT2D eigenvalue weighted by Crippen LogP contribution is -2.32. The first kappa shape index (κ1) is 12.4. The maximum absolute atomic E-state index is 9.44. The van der Waals surface area contributed by atoms with Crippen LogP contribution in [0.15, 0.2) is 10.1 Å². The van der Waals surface area contributed by atoms with Crippen molar-refractivity contribution in [3.8, 4) is 6.07 Å². The van der Waals surface area contributed by atoms with Gasteiger partial charge in [-0.05, 0) is 45.1 Å². The largest absolute Gasteiger partial charge is 0.371 e. The summed E-state index contributed by atoms with van der Waals surface area (Å²) in [6, 6.07) is 2.22. The highest BCUT2D eigenvalue weighted by molar-refractivity contribution is 5.76. The van der Waals surface area contributed by atoms with Gasteiger partial charge in [0.25, 0.3) is 5.89 Å². The second kappa shape index (κ2) is 4.46. The molecule has 2 heterocycles. The van der Waals surface area contributed by atoms with Gasteiger partial charge in [-0.1, -0.05) is 5.16 Å². The van der Waals surface area contributed by atoms with E-state index in [1.165, 1.54) is 0 Å². The smallest absolute Gasteiger partial charge is 0.268 e. The molecule has 1 saturated carbocycles. The Labute approximate surface area is 112 Å². The lowest BCUT2D eigenvalue weighted by atomic mass is 9.87. The predicted octanol–water partition coefficient (Wildman–Crippen LogP) is 2.81. The Morgan fingerprint density at radius 1 is 1.42 bits per heavy atom. The molecule has 0 amide bonds. The maximum Gasteiger partial charge on any atom is 0.268 e. The van der Waals surface area contributed by atoms with Gasteiger partial charge in [0.1, 0.15) is 11.6 Å². The minimum absolute atomic E-state index is 0.345. The molecule has 100 valence electrons. The summed E-state index contributed by atoms with van der Waals surface area (Å²) >= 11 is 0. The normalized spacial score (nSPS) is 24.9. The molecule has 0 unspecified atom stereocenters. The van der Waals surface area contributed by atoms with Crippen LogP contribution in [0.1, 0.15) is 57.2 Å². The van der Waals surface area contributed by atoms with Crippen LogP contribution >= 0.6 is 0 Å². The van der Waals surface area contributed by atoms with E-state index in [1.54, 1.807) is 0 Å². The Hall–Kier alpha value is -1.67. The van der Waals surface area contributed by atoms with E-state index in [-0.39, 0.29) is 0 Å². The first-order chi connectivity index (χ1) is 9.12. The maximum atomic E-state index is 9.44. The third-order valence-corrected chi connectivity index (χ3v) is 3.77. The van der Waals surface area contributed by atoms with E-state index in [9.17, 15) is 5.26 Å². The summed E-state index contributed by atoms with van der Waals surface area (Å²) in [5.74, 6) is 1.51. The highest BCUT2D eigenvalue weighted by atomic mass is 16.5. The van der Waals surface area contributed by atoms with Crippen LogP contribution < -0.4 is 0 Å². The van der Waals surface area contributed by atoms with Gasteiger partial charge in [0.15, 0.2) is 5.82 Å². The third kappa shape index (κ3) is 2.28. The predicted molar refractivity (Wildman–Crippen MR) is 68.1 cm³/mol. The molecule has 3 rings (SSSR count). The quantitative estimate of drug-likeness (QED) is 0.763. The number of nitriles is 1. The van der Waals surface area contributed by atoms with Crippen LogP contribution in [0, 0.1) is 11.3 Å². The van der Waals surface area contributed by atoms with Gasteiger partial charge in [0, 0.05) is 12.5 Å². The Morgan fingerprint density at radius 2 is 2.21 bits per heavy atom. The molecule has 2 aliphatic rings. The summed E-state index contributed by atoms with van der Waals surface area (Å²) in [5, 5.41) is 13.4. The first-order valence-corrected chi connectivity index (χ1v) is 6.73. The summed E-state index contributed by atoms with van der Waals surface area (Å²) in [4.78, 5) is 4.37. The average Bonchev–Trinajstić information content (AvgIpc) is 3.12. The van der Waals surface area contributed by atoms with Gasteiger partial charge in [0.05, 0.1) is 5.60 Å². The minimum atomic E-state index is -0.433. The fourth-order valence-corrected chi connectivity index (χ4v) is 2.48. The van der Waals surface area contributed by atoms with Crippen molar-refractivity contribution < 1.29 is 9.26 Å². The average molecular weight is 259 g/mol. The molecular weight excluding hydrogens is 242 g/mol. The van der Waals surface area contributed by atoms with Crippen LogP contribution in [0.25, 0.3) is 5.57 Å². The molecule has 2 fully saturated rings. The molecule has 0 spiro atoms. The van der Waals surface area contributed by atoms with Crippen molar-refractivity contribution in [2.75, 3.05) is 6.61 Å². The van der Waals surface area contributed by atoms with E-state index in [0.717, 1.165) is 43.7 Å². The van der Waals surface area contributed by atoms with Crippen molar-refractivity contribution in [2.45, 2.75) is 51.0 Å². The summed E-state index contributed by atoms with van der Waals surface area (Å²) < 4.78 is 11.0. The Balaban J connectivity index is 2.00. The van der Waals surface area contributed by atoms with Crippen molar-refractivity contribution in [3.63, 3.8) is 0 Å².